The summed E-state index contributed by atoms with van der Waals surface area (Å²) in [6, 6.07) is 4.13. The standard InChI is InChI=1S/C14H24N2O/c1-11-8-13(9-12(2)16-11)15-10-14(3,4)6-5-7-17/h8-9,17H,5-7,10H2,1-4H3,(H,15,16). The topological polar surface area (TPSA) is 45.1 Å². The molecule has 0 bridgehead atoms. The molecule has 3 heteroatoms. The van der Waals surface area contributed by atoms with Gasteiger partial charge in [0.05, 0.1) is 0 Å². The summed E-state index contributed by atoms with van der Waals surface area (Å²) in [4.78, 5) is 4.36. The van der Waals surface area contributed by atoms with Crippen molar-refractivity contribution in [2.45, 2.75) is 40.5 Å². The minimum absolute atomic E-state index is 0.202. The van der Waals surface area contributed by atoms with Crippen LogP contribution in [0.3, 0.4) is 0 Å². The molecule has 1 rings (SSSR count). The van der Waals surface area contributed by atoms with Gasteiger partial charge in [0.2, 0.25) is 0 Å². The van der Waals surface area contributed by atoms with E-state index < -0.39 is 0 Å². The Balaban J connectivity index is 2.54. The van der Waals surface area contributed by atoms with Crippen molar-refractivity contribution in [1.82, 2.24) is 4.98 Å². The SMILES string of the molecule is Cc1cc(NCC(C)(C)CCCO)cc(C)n1. The molecule has 2 N–H and O–H groups in total. The third-order valence-electron chi connectivity index (χ3n) is 2.86. The maximum Gasteiger partial charge on any atom is 0.0431 e. The molecule has 0 atom stereocenters. The predicted molar refractivity (Wildman–Crippen MR) is 72.3 cm³/mol. The van der Waals surface area contributed by atoms with Crippen molar-refractivity contribution in [1.29, 1.82) is 0 Å². The highest BCUT2D eigenvalue weighted by atomic mass is 16.2. The van der Waals surface area contributed by atoms with Gasteiger partial charge in [0.15, 0.2) is 0 Å². The highest BCUT2D eigenvalue weighted by Crippen LogP contribution is 2.23. The Labute approximate surface area is 104 Å². The van der Waals surface area contributed by atoms with E-state index >= 15 is 0 Å². The summed E-state index contributed by atoms with van der Waals surface area (Å²) >= 11 is 0. The average molecular weight is 236 g/mol. The van der Waals surface area contributed by atoms with E-state index in [1.165, 1.54) is 0 Å². The lowest BCUT2D eigenvalue weighted by atomic mass is 9.88. The number of hydrogen-bond donors (Lipinski definition) is 2. The van der Waals surface area contributed by atoms with E-state index in [9.17, 15) is 0 Å². The second-order valence-corrected chi connectivity index (χ2v) is 5.48. The lowest BCUT2D eigenvalue weighted by molar-refractivity contribution is 0.248. The summed E-state index contributed by atoms with van der Waals surface area (Å²) in [5, 5.41) is 12.3. The average Bonchev–Trinajstić information content (AvgIpc) is 2.23. The number of aromatic nitrogens is 1. The maximum atomic E-state index is 8.86. The first-order valence-corrected chi connectivity index (χ1v) is 6.23. The Bertz CT molecular complexity index is 341. The molecule has 0 aliphatic heterocycles. The Morgan fingerprint density at radius 2 is 1.82 bits per heavy atom. The van der Waals surface area contributed by atoms with E-state index in [0.29, 0.717) is 0 Å². The fourth-order valence-electron chi connectivity index (χ4n) is 1.92. The summed E-state index contributed by atoms with van der Waals surface area (Å²) in [5.41, 5.74) is 3.42. The van der Waals surface area contributed by atoms with Gasteiger partial charge in [-0.3, -0.25) is 4.98 Å². The fourth-order valence-corrected chi connectivity index (χ4v) is 1.92. The van der Waals surface area contributed by atoms with E-state index in [-0.39, 0.29) is 12.0 Å². The minimum atomic E-state index is 0.202. The summed E-state index contributed by atoms with van der Waals surface area (Å²) in [6.45, 7) is 9.64. The van der Waals surface area contributed by atoms with E-state index in [2.05, 4.69) is 36.3 Å². The highest BCUT2D eigenvalue weighted by molar-refractivity contribution is 5.45. The highest BCUT2D eigenvalue weighted by Gasteiger charge is 2.16. The molecule has 0 aliphatic rings. The first kappa shape index (κ1) is 14.0. The first-order valence-electron chi connectivity index (χ1n) is 6.23. The van der Waals surface area contributed by atoms with Gasteiger partial charge in [0.25, 0.3) is 0 Å². The number of hydrogen-bond acceptors (Lipinski definition) is 3. The first-order chi connectivity index (χ1) is 7.93. The van der Waals surface area contributed by atoms with Crippen molar-refractivity contribution >= 4 is 5.69 Å². The fraction of sp³-hybridized carbons (Fsp3) is 0.643. The minimum Gasteiger partial charge on any atom is -0.396 e. The van der Waals surface area contributed by atoms with E-state index in [1.807, 2.05) is 13.8 Å². The van der Waals surface area contributed by atoms with Crippen molar-refractivity contribution in [2.75, 3.05) is 18.5 Å². The number of nitrogens with one attached hydrogen (secondary N) is 1. The van der Waals surface area contributed by atoms with Crippen molar-refractivity contribution in [3.63, 3.8) is 0 Å². The van der Waals surface area contributed by atoms with Crippen LogP contribution in [0.25, 0.3) is 0 Å². The lowest BCUT2D eigenvalue weighted by Gasteiger charge is -2.25. The van der Waals surface area contributed by atoms with Crippen molar-refractivity contribution in [3.8, 4) is 0 Å². The summed E-state index contributed by atoms with van der Waals surface area (Å²) in [7, 11) is 0. The molecular formula is C14H24N2O. The molecule has 1 heterocycles. The molecule has 3 nitrogen and oxygen atoms in total. The van der Waals surface area contributed by atoms with Crippen LogP contribution in [0.2, 0.25) is 0 Å². The zero-order chi connectivity index (χ0) is 12.9. The Kier molecular flexibility index (Phi) is 4.94. The third kappa shape index (κ3) is 5.18. The maximum absolute atomic E-state index is 8.86. The molecule has 0 saturated heterocycles. The zero-order valence-electron chi connectivity index (χ0n) is 11.4. The second-order valence-electron chi connectivity index (χ2n) is 5.48. The Hall–Kier alpha value is -1.09. The molecule has 0 aromatic carbocycles. The molecule has 0 amide bonds. The molecule has 0 radical (unpaired) electrons. The van der Waals surface area contributed by atoms with Gasteiger partial charge in [-0.25, -0.2) is 0 Å². The van der Waals surface area contributed by atoms with E-state index in [0.717, 1.165) is 36.5 Å². The van der Waals surface area contributed by atoms with Crippen molar-refractivity contribution in [2.24, 2.45) is 5.41 Å². The number of aryl methyl sites for hydroxylation is 2. The monoisotopic (exact) mass is 236 g/mol. The molecule has 96 valence electrons. The van der Waals surface area contributed by atoms with Gasteiger partial charge in [0, 0.05) is 30.2 Å². The van der Waals surface area contributed by atoms with Crippen LogP contribution in [0.4, 0.5) is 5.69 Å². The van der Waals surface area contributed by atoms with Gasteiger partial charge in [0.1, 0.15) is 0 Å². The van der Waals surface area contributed by atoms with Crippen LogP contribution in [0.1, 0.15) is 38.1 Å². The zero-order valence-corrected chi connectivity index (χ0v) is 11.4. The smallest absolute Gasteiger partial charge is 0.0431 e. The molecule has 0 saturated carbocycles. The predicted octanol–water partition coefficient (Wildman–Crippen LogP) is 2.91. The third-order valence-corrected chi connectivity index (χ3v) is 2.86. The number of pyridine rings is 1. The Morgan fingerprint density at radius 1 is 1.24 bits per heavy atom. The number of anilines is 1. The van der Waals surface area contributed by atoms with E-state index in [4.69, 9.17) is 5.11 Å². The van der Waals surface area contributed by atoms with Crippen molar-refractivity contribution in [3.05, 3.63) is 23.5 Å². The number of aliphatic hydroxyl groups is 1. The van der Waals surface area contributed by atoms with Crippen LogP contribution in [-0.2, 0) is 0 Å². The number of nitrogens with zero attached hydrogens (tertiary/aromatic N) is 1. The summed E-state index contributed by atoms with van der Waals surface area (Å²) < 4.78 is 0. The molecule has 17 heavy (non-hydrogen) atoms. The molecule has 0 spiro atoms. The second kappa shape index (κ2) is 6.01. The van der Waals surface area contributed by atoms with Crippen LogP contribution < -0.4 is 5.32 Å². The molecular weight excluding hydrogens is 212 g/mol. The molecule has 0 aliphatic carbocycles. The van der Waals surface area contributed by atoms with Gasteiger partial charge in [-0.15, -0.1) is 0 Å². The molecule has 0 fully saturated rings. The van der Waals surface area contributed by atoms with Gasteiger partial charge in [-0.05, 0) is 44.2 Å². The molecule has 0 unspecified atom stereocenters. The van der Waals surface area contributed by atoms with Gasteiger partial charge in [-0.1, -0.05) is 13.8 Å². The van der Waals surface area contributed by atoms with Gasteiger partial charge < -0.3 is 10.4 Å². The molecule has 1 aromatic rings. The largest absolute Gasteiger partial charge is 0.396 e. The van der Waals surface area contributed by atoms with Crippen LogP contribution in [0, 0.1) is 19.3 Å². The quantitative estimate of drug-likeness (QED) is 0.798. The van der Waals surface area contributed by atoms with Gasteiger partial charge in [-0.2, -0.15) is 0 Å². The van der Waals surface area contributed by atoms with E-state index in [1.54, 1.807) is 0 Å². The lowest BCUT2D eigenvalue weighted by Crippen LogP contribution is -2.23. The summed E-state index contributed by atoms with van der Waals surface area (Å²) in [6.07, 6.45) is 1.89. The Morgan fingerprint density at radius 3 is 2.35 bits per heavy atom. The molecule has 1 aromatic heterocycles. The van der Waals surface area contributed by atoms with Gasteiger partial charge >= 0.3 is 0 Å². The summed E-state index contributed by atoms with van der Waals surface area (Å²) in [5.74, 6) is 0. The normalized spacial score (nSPS) is 11.6. The van der Waals surface area contributed by atoms with Crippen LogP contribution >= 0.6 is 0 Å². The van der Waals surface area contributed by atoms with Crippen LogP contribution in [0.5, 0.6) is 0 Å². The van der Waals surface area contributed by atoms with Crippen LogP contribution in [-0.4, -0.2) is 23.2 Å². The van der Waals surface area contributed by atoms with Crippen LogP contribution in [0.15, 0.2) is 12.1 Å². The number of rotatable bonds is 6. The van der Waals surface area contributed by atoms with Crippen molar-refractivity contribution < 1.29 is 5.11 Å². The number of aliphatic hydroxyl groups excluding tert-OH is 1.